The zero-order chi connectivity index (χ0) is 37.4. The molecule has 0 saturated carbocycles. The number of benzene rings is 5. The summed E-state index contributed by atoms with van der Waals surface area (Å²) in [5.74, 6) is 0.0427. The van der Waals surface area contributed by atoms with Gasteiger partial charge in [-0.2, -0.15) is 16.8 Å². The lowest BCUT2D eigenvalue weighted by atomic mass is 9.83. The average molecular weight is 731 g/mol. The number of methoxy groups -OCH3 is 2. The second-order valence-electron chi connectivity index (χ2n) is 12.7. The Morgan fingerprint density at radius 3 is 1.55 bits per heavy atom. The van der Waals surface area contributed by atoms with Crippen molar-refractivity contribution < 1.29 is 35.4 Å². The molecule has 0 heterocycles. The van der Waals surface area contributed by atoms with Gasteiger partial charge in [0, 0.05) is 51.9 Å². The van der Waals surface area contributed by atoms with Crippen LogP contribution < -0.4 is 20.1 Å². The smallest absolute Gasteiger partial charge is 0.295 e. The maximum atomic E-state index is 12.7. The van der Waals surface area contributed by atoms with E-state index in [1.807, 2.05) is 45.9 Å². The maximum absolute atomic E-state index is 12.7. The van der Waals surface area contributed by atoms with Gasteiger partial charge in [0.1, 0.15) is 16.4 Å². The molecule has 0 fully saturated rings. The van der Waals surface area contributed by atoms with E-state index in [9.17, 15) is 25.9 Å². The van der Waals surface area contributed by atoms with Crippen LogP contribution in [0.4, 0.5) is 22.7 Å². The molecule has 0 amide bonds. The second kappa shape index (κ2) is 14.4. The minimum Gasteiger partial charge on any atom is -0.496 e. The number of nitrogens with one attached hydrogen (secondary N) is 2. The van der Waals surface area contributed by atoms with E-state index in [0.717, 1.165) is 33.6 Å². The van der Waals surface area contributed by atoms with Crippen LogP contribution in [0.3, 0.4) is 0 Å². The Balaban J connectivity index is 1.68. The molecule has 5 aromatic carbocycles. The Morgan fingerprint density at radius 1 is 0.569 bits per heavy atom. The quantitative estimate of drug-likeness (QED) is 0.0767. The van der Waals surface area contributed by atoms with Crippen molar-refractivity contribution in [2.24, 2.45) is 0 Å². The number of ether oxygens (including phenoxy) is 2. The molecule has 0 radical (unpaired) electrons. The van der Waals surface area contributed by atoms with E-state index in [1.54, 1.807) is 50.2 Å². The summed E-state index contributed by atoms with van der Waals surface area (Å²) in [6, 6.07) is 22.9. The predicted octanol–water partition coefficient (Wildman–Crippen LogP) is 8.72. The molecule has 1 unspecified atom stereocenters. The molecular weight excluding hydrogens is 689 g/mol. The summed E-state index contributed by atoms with van der Waals surface area (Å²) in [5.41, 5.74) is 9.11. The number of anilines is 4. The van der Waals surface area contributed by atoms with Gasteiger partial charge in [-0.3, -0.25) is 9.11 Å². The third-order valence-corrected chi connectivity index (χ3v) is 11.0. The first-order chi connectivity index (χ1) is 23.9. The predicted molar refractivity (Wildman–Crippen MR) is 201 cm³/mol. The highest BCUT2D eigenvalue weighted by Gasteiger charge is 2.30. The van der Waals surface area contributed by atoms with E-state index in [4.69, 9.17) is 9.47 Å². The third-order valence-electron chi connectivity index (χ3n) is 8.97. The summed E-state index contributed by atoms with van der Waals surface area (Å²) in [7, 11) is -6.11. The zero-order valence-electron chi connectivity index (χ0n) is 29.7. The SMILES string of the molecule is COc1cc(Nc2c(C)cc(C)cc2C)ccc1C(c1ccc(Nc2c(C)cc(C)c(S(=O)(=O)O)c2C)cc1OC)c1ccccc1S(=O)(=O)O. The number of rotatable bonds is 11. The molecule has 5 rings (SSSR count). The van der Waals surface area contributed by atoms with Crippen molar-refractivity contribution in [3.63, 3.8) is 0 Å². The largest absolute Gasteiger partial charge is 0.496 e. The summed E-state index contributed by atoms with van der Waals surface area (Å²) in [6.07, 6.45) is 0. The van der Waals surface area contributed by atoms with Crippen LogP contribution in [0.25, 0.3) is 0 Å². The minimum absolute atomic E-state index is 0.168. The first kappa shape index (κ1) is 37.4. The van der Waals surface area contributed by atoms with Crippen LogP contribution in [-0.4, -0.2) is 40.2 Å². The lowest BCUT2D eigenvalue weighted by molar-refractivity contribution is 0.402. The molecule has 0 aromatic heterocycles. The second-order valence-corrected chi connectivity index (χ2v) is 15.4. The van der Waals surface area contributed by atoms with Crippen LogP contribution in [0.15, 0.2) is 88.7 Å². The Hall–Kier alpha value is -4.88. The van der Waals surface area contributed by atoms with Crippen molar-refractivity contribution in [3.05, 3.63) is 129 Å². The Labute approximate surface area is 300 Å². The number of aryl methyl sites for hydroxylation is 5. The van der Waals surface area contributed by atoms with Crippen molar-refractivity contribution in [2.75, 3.05) is 24.9 Å². The molecule has 10 nitrogen and oxygen atoms in total. The highest BCUT2D eigenvalue weighted by molar-refractivity contribution is 7.86. The normalized spacial score (nSPS) is 12.4. The van der Waals surface area contributed by atoms with E-state index < -0.39 is 26.2 Å². The van der Waals surface area contributed by atoms with Crippen LogP contribution in [0.5, 0.6) is 11.5 Å². The van der Waals surface area contributed by atoms with Crippen LogP contribution in [0.2, 0.25) is 0 Å². The fourth-order valence-corrected chi connectivity index (χ4v) is 8.62. The van der Waals surface area contributed by atoms with E-state index in [2.05, 4.69) is 22.8 Å². The molecule has 0 spiro atoms. The Kier molecular flexibility index (Phi) is 10.5. The molecule has 0 bridgehead atoms. The van der Waals surface area contributed by atoms with Crippen LogP contribution >= 0.6 is 0 Å². The van der Waals surface area contributed by atoms with Gasteiger partial charge in [0.05, 0.1) is 19.1 Å². The molecule has 268 valence electrons. The van der Waals surface area contributed by atoms with Gasteiger partial charge in [-0.05, 0) is 93.1 Å². The summed E-state index contributed by atoms with van der Waals surface area (Å²) in [4.78, 5) is -0.433. The summed E-state index contributed by atoms with van der Waals surface area (Å²) < 4.78 is 82.0. The molecule has 0 saturated heterocycles. The molecule has 51 heavy (non-hydrogen) atoms. The lowest BCUT2D eigenvalue weighted by Crippen LogP contribution is -2.13. The van der Waals surface area contributed by atoms with Crippen molar-refractivity contribution in [1.82, 2.24) is 0 Å². The average Bonchev–Trinajstić information content (AvgIpc) is 3.04. The van der Waals surface area contributed by atoms with E-state index in [0.29, 0.717) is 50.7 Å². The first-order valence-electron chi connectivity index (χ1n) is 16.1. The van der Waals surface area contributed by atoms with Gasteiger partial charge < -0.3 is 20.1 Å². The van der Waals surface area contributed by atoms with Gasteiger partial charge in [0.2, 0.25) is 0 Å². The fraction of sp³-hybridized carbons (Fsp3) is 0.231. The maximum Gasteiger partial charge on any atom is 0.295 e. The zero-order valence-corrected chi connectivity index (χ0v) is 31.4. The third kappa shape index (κ3) is 7.74. The topological polar surface area (TPSA) is 151 Å². The van der Waals surface area contributed by atoms with Crippen molar-refractivity contribution in [3.8, 4) is 11.5 Å². The highest BCUT2D eigenvalue weighted by atomic mass is 32.2. The van der Waals surface area contributed by atoms with Crippen molar-refractivity contribution in [1.29, 1.82) is 0 Å². The summed E-state index contributed by atoms with van der Waals surface area (Å²) in [6.45, 7) is 11.2. The van der Waals surface area contributed by atoms with Gasteiger partial charge in [0.15, 0.2) is 0 Å². The Morgan fingerprint density at radius 2 is 1.06 bits per heavy atom. The fourth-order valence-electron chi connectivity index (χ4n) is 6.93. The van der Waals surface area contributed by atoms with Crippen LogP contribution in [0, 0.1) is 41.5 Å². The van der Waals surface area contributed by atoms with Gasteiger partial charge in [-0.25, -0.2) is 0 Å². The van der Waals surface area contributed by atoms with E-state index >= 15 is 0 Å². The molecular formula is C39H42N2O8S2. The van der Waals surface area contributed by atoms with Crippen LogP contribution in [-0.2, 0) is 20.2 Å². The highest BCUT2D eigenvalue weighted by Crippen LogP contribution is 2.45. The van der Waals surface area contributed by atoms with Gasteiger partial charge in [0.25, 0.3) is 20.2 Å². The van der Waals surface area contributed by atoms with E-state index in [-0.39, 0.29) is 9.79 Å². The number of hydrogen-bond acceptors (Lipinski definition) is 8. The van der Waals surface area contributed by atoms with Gasteiger partial charge in [-0.15, -0.1) is 0 Å². The van der Waals surface area contributed by atoms with Gasteiger partial charge >= 0.3 is 0 Å². The Bertz CT molecular complexity index is 2350. The molecule has 12 heteroatoms. The van der Waals surface area contributed by atoms with Gasteiger partial charge in [-0.1, -0.05) is 54.1 Å². The van der Waals surface area contributed by atoms with Crippen LogP contribution in [0.1, 0.15) is 56.0 Å². The monoisotopic (exact) mass is 730 g/mol. The first-order valence-corrected chi connectivity index (χ1v) is 18.9. The molecule has 4 N–H and O–H groups in total. The molecule has 0 aliphatic heterocycles. The van der Waals surface area contributed by atoms with E-state index in [1.165, 1.54) is 26.4 Å². The van der Waals surface area contributed by atoms with Crippen molar-refractivity contribution >= 4 is 43.0 Å². The lowest BCUT2D eigenvalue weighted by Gasteiger charge is -2.26. The standard InChI is InChI=1S/C39H42N2O8S2/c1-22-17-23(2)37(24(3)18-22)40-28-13-15-30(33(20-28)48-7)36(32-11-9-10-12-35(32)50(42,43)44)31-16-14-29(21-34(31)49-8)41-38-25(4)19-26(5)39(27(38)6)51(45,46)47/h9-21,36,40-41H,1-8H3,(H,42,43,44)(H,45,46,47). The van der Waals surface area contributed by atoms with Crippen molar-refractivity contribution in [2.45, 2.75) is 57.3 Å². The number of hydrogen-bond donors (Lipinski definition) is 4. The molecule has 5 aromatic rings. The molecule has 0 aliphatic carbocycles. The minimum atomic E-state index is -4.65. The molecule has 0 aliphatic rings. The molecule has 1 atom stereocenters. The summed E-state index contributed by atoms with van der Waals surface area (Å²) >= 11 is 0. The summed E-state index contributed by atoms with van der Waals surface area (Å²) in [5, 5.41) is 6.78.